The standard InChI is InChI=1S/C21H31NO2/c1-15(2)13-21(5,6)20(22-7)17(4)12-19(14-23)24-18-10-8-16(3)9-11-18/h8-12,14-15,22H,13H2,1-7H3/b19-12+,20-17-. The molecule has 3 heteroatoms. The monoisotopic (exact) mass is 329 g/mol. The molecule has 0 spiro atoms. The molecule has 0 aromatic heterocycles. The Kier molecular flexibility index (Phi) is 7.27. The molecule has 1 aromatic rings. The van der Waals surface area contributed by atoms with Crippen molar-refractivity contribution in [1.82, 2.24) is 5.32 Å². The van der Waals surface area contributed by atoms with E-state index in [1.807, 2.05) is 45.2 Å². The molecule has 0 bridgehead atoms. The van der Waals surface area contributed by atoms with Crippen LogP contribution in [0.1, 0.15) is 46.6 Å². The summed E-state index contributed by atoms with van der Waals surface area (Å²) in [4.78, 5) is 11.4. The number of carbonyl (C=O) groups excluding carboxylic acids is 1. The molecule has 1 rings (SSSR count). The van der Waals surface area contributed by atoms with E-state index in [1.54, 1.807) is 6.08 Å². The van der Waals surface area contributed by atoms with Crippen LogP contribution < -0.4 is 10.1 Å². The van der Waals surface area contributed by atoms with Gasteiger partial charge in [0.05, 0.1) is 0 Å². The van der Waals surface area contributed by atoms with Crippen molar-refractivity contribution in [1.29, 1.82) is 0 Å². The van der Waals surface area contributed by atoms with E-state index in [-0.39, 0.29) is 5.41 Å². The van der Waals surface area contributed by atoms with E-state index in [1.165, 1.54) is 0 Å². The lowest BCUT2D eigenvalue weighted by molar-refractivity contribution is -0.106. The maximum Gasteiger partial charge on any atom is 0.185 e. The highest BCUT2D eigenvalue weighted by Gasteiger charge is 2.25. The molecule has 0 atom stereocenters. The lowest BCUT2D eigenvalue weighted by atomic mass is 9.79. The van der Waals surface area contributed by atoms with Crippen LogP contribution in [-0.2, 0) is 4.79 Å². The second-order valence-electron chi connectivity index (χ2n) is 7.37. The maximum atomic E-state index is 11.4. The lowest BCUT2D eigenvalue weighted by Gasteiger charge is -2.31. The van der Waals surface area contributed by atoms with Crippen LogP contribution in [0.3, 0.4) is 0 Å². The molecule has 1 N–H and O–H groups in total. The molecule has 0 fully saturated rings. The van der Waals surface area contributed by atoms with Gasteiger partial charge < -0.3 is 10.1 Å². The van der Waals surface area contributed by atoms with Crippen molar-refractivity contribution in [2.24, 2.45) is 11.3 Å². The third kappa shape index (κ3) is 5.88. The van der Waals surface area contributed by atoms with Crippen LogP contribution in [0.15, 0.2) is 47.4 Å². The molecule has 1 aromatic carbocycles. The number of allylic oxidation sites excluding steroid dienone is 4. The highest BCUT2D eigenvalue weighted by Crippen LogP contribution is 2.34. The summed E-state index contributed by atoms with van der Waals surface area (Å²) in [5, 5.41) is 3.31. The van der Waals surface area contributed by atoms with Gasteiger partial charge in [0.15, 0.2) is 12.0 Å². The zero-order valence-corrected chi connectivity index (χ0v) is 16.1. The normalized spacial score (nSPS) is 13.6. The summed E-state index contributed by atoms with van der Waals surface area (Å²) in [5.74, 6) is 1.57. The molecular weight excluding hydrogens is 298 g/mol. The summed E-state index contributed by atoms with van der Waals surface area (Å²) in [6.45, 7) is 12.9. The minimum Gasteiger partial charge on any atom is -0.454 e. The first-order valence-corrected chi connectivity index (χ1v) is 8.50. The van der Waals surface area contributed by atoms with Gasteiger partial charge in [0.2, 0.25) is 0 Å². The molecule has 24 heavy (non-hydrogen) atoms. The third-order valence-corrected chi connectivity index (χ3v) is 3.97. The number of rotatable bonds is 8. The van der Waals surface area contributed by atoms with Crippen molar-refractivity contribution >= 4 is 6.29 Å². The Labute approximate surface area is 146 Å². The fourth-order valence-corrected chi connectivity index (χ4v) is 3.31. The molecule has 0 unspecified atom stereocenters. The smallest absolute Gasteiger partial charge is 0.185 e. The second kappa shape index (κ2) is 8.72. The van der Waals surface area contributed by atoms with Crippen LogP contribution >= 0.6 is 0 Å². The fourth-order valence-electron chi connectivity index (χ4n) is 3.31. The minimum absolute atomic E-state index is 0.00134. The number of aldehydes is 1. The van der Waals surface area contributed by atoms with Crippen LogP contribution in [0.4, 0.5) is 0 Å². The Bertz CT molecular complexity index is 607. The zero-order chi connectivity index (χ0) is 18.3. The van der Waals surface area contributed by atoms with Gasteiger partial charge in [-0.05, 0) is 50.0 Å². The van der Waals surface area contributed by atoms with Crippen molar-refractivity contribution in [3.63, 3.8) is 0 Å². The Morgan fingerprint density at radius 1 is 1.25 bits per heavy atom. The van der Waals surface area contributed by atoms with Crippen LogP contribution in [-0.4, -0.2) is 13.3 Å². The molecule has 0 saturated heterocycles. The van der Waals surface area contributed by atoms with E-state index in [0.29, 0.717) is 17.4 Å². The minimum atomic E-state index is 0.00134. The van der Waals surface area contributed by atoms with E-state index in [0.717, 1.165) is 29.5 Å². The van der Waals surface area contributed by atoms with Crippen molar-refractivity contribution in [2.45, 2.75) is 48.0 Å². The summed E-state index contributed by atoms with van der Waals surface area (Å²) < 4.78 is 5.71. The second-order valence-corrected chi connectivity index (χ2v) is 7.37. The van der Waals surface area contributed by atoms with Gasteiger partial charge in [0.1, 0.15) is 5.75 Å². The molecule has 0 heterocycles. The lowest BCUT2D eigenvalue weighted by Crippen LogP contribution is -2.27. The fraction of sp³-hybridized carbons (Fsp3) is 0.476. The van der Waals surface area contributed by atoms with Crippen LogP contribution in [0, 0.1) is 18.3 Å². The molecular formula is C21H31NO2. The van der Waals surface area contributed by atoms with Gasteiger partial charge >= 0.3 is 0 Å². The first-order chi connectivity index (χ1) is 11.2. The molecule has 132 valence electrons. The Balaban J connectivity index is 3.10. The number of ether oxygens (including phenoxy) is 1. The molecule has 0 aliphatic carbocycles. The molecule has 0 amide bonds. The number of hydrogen-bond acceptors (Lipinski definition) is 3. The maximum absolute atomic E-state index is 11.4. The summed E-state index contributed by atoms with van der Waals surface area (Å²) in [6, 6.07) is 7.66. The van der Waals surface area contributed by atoms with Crippen molar-refractivity contribution < 1.29 is 9.53 Å². The van der Waals surface area contributed by atoms with Crippen LogP contribution in [0.5, 0.6) is 5.75 Å². The summed E-state index contributed by atoms with van der Waals surface area (Å²) in [6.07, 6.45) is 3.62. The number of benzene rings is 1. The molecule has 3 nitrogen and oxygen atoms in total. The Hall–Kier alpha value is -2.03. The Morgan fingerprint density at radius 3 is 2.29 bits per heavy atom. The molecule has 0 aliphatic heterocycles. The average molecular weight is 329 g/mol. The third-order valence-electron chi connectivity index (χ3n) is 3.97. The van der Waals surface area contributed by atoms with Gasteiger partial charge in [-0.1, -0.05) is 45.4 Å². The molecule has 0 aliphatic rings. The summed E-state index contributed by atoms with van der Waals surface area (Å²) in [7, 11) is 1.93. The van der Waals surface area contributed by atoms with Crippen molar-refractivity contribution in [3.05, 3.63) is 52.9 Å². The van der Waals surface area contributed by atoms with Crippen molar-refractivity contribution in [2.75, 3.05) is 7.05 Å². The van der Waals surface area contributed by atoms with E-state index < -0.39 is 0 Å². The predicted octanol–water partition coefficient (Wildman–Crippen LogP) is 5.02. The van der Waals surface area contributed by atoms with E-state index in [9.17, 15) is 4.79 Å². The predicted molar refractivity (Wildman–Crippen MR) is 101 cm³/mol. The highest BCUT2D eigenvalue weighted by molar-refractivity contribution is 5.72. The van der Waals surface area contributed by atoms with E-state index in [2.05, 4.69) is 33.0 Å². The average Bonchev–Trinajstić information content (AvgIpc) is 2.47. The zero-order valence-electron chi connectivity index (χ0n) is 16.1. The van der Waals surface area contributed by atoms with Crippen molar-refractivity contribution in [3.8, 4) is 5.75 Å². The topological polar surface area (TPSA) is 38.3 Å². The van der Waals surface area contributed by atoms with Crippen LogP contribution in [0.2, 0.25) is 0 Å². The number of carbonyl (C=O) groups is 1. The van der Waals surface area contributed by atoms with E-state index >= 15 is 0 Å². The first-order valence-electron chi connectivity index (χ1n) is 8.50. The molecule has 0 saturated carbocycles. The van der Waals surface area contributed by atoms with Gasteiger partial charge in [0, 0.05) is 18.2 Å². The summed E-state index contributed by atoms with van der Waals surface area (Å²) >= 11 is 0. The highest BCUT2D eigenvalue weighted by atomic mass is 16.5. The number of nitrogens with one attached hydrogen (secondary N) is 1. The summed E-state index contributed by atoms with van der Waals surface area (Å²) in [5.41, 5.74) is 3.30. The first kappa shape index (κ1) is 20.0. The Morgan fingerprint density at radius 2 is 1.83 bits per heavy atom. The van der Waals surface area contributed by atoms with Gasteiger partial charge in [-0.2, -0.15) is 0 Å². The van der Waals surface area contributed by atoms with E-state index in [4.69, 9.17) is 4.74 Å². The van der Waals surface area contributed by atoms with Crippen LogP contribution in [0.25, 0.3) is 0 Å². The number of hydrogen-bond donors (Lipinski definition) is 1. The molecule has 0 radical (unpaired) electrons. The van der Waals surface area contributed by atoms with Gasteiger partial charge in [-0.25, -0.2) is 0 Å². The van der Waals surface area contributed by atoms with Gasteiger partial charge in [-0.3, -0.25) is 4.79 Å². The van der Waals surface area contributed by atoms with Gasteiger partial charge in [-0.15, -0.1) is 0 Å². The van der Waals surface area contributed by atoms with Gasteiger partial charge in [0.25, 0.3) is 0 Å². The quantitative estimate of drug-likeness (QED) is 0.315. The number of aryl methyl sites for hydroxylation is 1. The SMILES string of the molecule is CN/C(=C(C)\C=C(/C=O)Oc1ccc(C)cc1)C(C)(C)CC(C)C. The largest absolute Gasteiger partial charge is 0.454 e.